The molecule has 104 valence electrons. The Balaban J connectivity index is 1.74. The van der Waals surface area contributed by atoms with Gasteiger partial charge in [-0.3, -0.25) is 0 Å². The standard InChI is InChI=1S/C15H19ClFNO/c16-11-5-4-10(8-12(11)17)19-14-9-13(18)15(14)6-2-1-3-7-15/h4-5,8,13-14H,1-3,6-7,9,18H2. The average Bonchev–Trinajstić information content (AvgIpc) is 2.43. The Hall–Kier alpha value is -0.800. The topological polar surface area (TPSA) is 35.2 Å². The highest BCUT2D eigenvalue weighted by atomic mass is 35.5. The molecule has 2 aliphatic rings. The second-order valence-electron chi connectivity index (χ2n) is 5.82. The van der Waals surface area contributed by atoms with Gasteiger partial charge in [0, 0.05) is 23.9 Å². The van der Waals surface area contributed by atoms with Gasteiger partial charge in [0.15, 0.2) is 0 Å². The van der Waals surface area contributed by atoms with Crippen molar-refractivity contribution >= 4 is 11.6 Å². The van der Waals surface area contributed by atoms with E-state index < -0.39 is 5.82 Å². The van der Waals surface area contributed by atoms with Gasteiger partial charge in [-0.2, -0.15) is 0 Å². The lowest BCUT2D eigenvalue weighted by Gasteiger charge is -2.56. The molecule has 2 saturated carbocycles. The minimum atomic E-state index is -0.430. The largest absolute Gasteiger partial charge is 0.490 e. The van der Waals surface area contributed by atoms with Crippen LogP contribution in [0.25, 0.3) is 0 Å². The van der Waals surface area contributed by atoms with Crippen LogP contribution in [0.15, 0.2) is 18.2 Å². The molecule has 0 radical (unpaired) electrons. The van der Waals surface area contributed by atoms with Crippen LogP contribution in [0.1, 0.15) is 38.5 Å². The normalized spacial score (nSPS) is 29.0. The van der Waals surface area contributed by atoms with E-state index in [1.165, 1.54) is 25.3 Å². The van der Waals surface area contributed by atoms with Crippen molar-refractivity contribution in [2.75, 3.05) is 0 Å². The van der Waals surface area contributed by atoms with E-state index >= 15 is 0 Å². The summed E-state index contributed by atoms with van der Waals surface area (Å²) in [6.07, 6.45) is 7.00. The Morgan fingerprint density at radius 2 is 2.00 bits per heavy atom. The summed E-state index contributed by atoms with van der Waals surface area (Å²) in [5.41, 5.74) is 6.33. The molecule has 2 nitrogen and oxygen atoms in total. The van der Waals surface area contributed by atoms with Crippen LogP contribution in [0.3, 0.4) is 0 Å². The molecule has 1 spiro atoms. The molecule has 0 amide bonds. The number of benzene rings is 1. The van der Waals surface area contributed by atoms with Gasteiger partial charge in [0.2, 0.25) is 0 Å². The Morgan fingerprint density at radius 3 is 2.63 bits per heavy atom. The van der Waals surface area contributed by atoms with Crippen molar-refractivity contribution in [3.8, 4) is 5.75 Å². The van der Waals surface area contributed by atoms with Crippen LogP contribution in [-0.2, 0) is 0 Å². The van der Waals surface area contributed by atoms with E-state index in [0.29, 0.717) is 5.75 Å². The van der Waals surface area contributed by atoms with Crippen LogP contribution in [0, 0.1) is 11.2 Å². The van der Waals surface area contributed by atoms with Crippen LogP contribution < -0.4 is 10.5 Å². The molecular formula is C15H19ClFNO. The molecule has 0 aromatic heterocycles. The number of nitrogens with two attached hydrogens (primary N) is 1. The molecule has 0 aliphatic heterocycles. The zero-order valence-electron chi connectivity index (χ0n) is 10.9. The number of rotatable bonds is 2. The summed E-state index contributed by atoms with van der Waals surface area (Å²) in [6, 6.07) is 4.86. The van der Waals surface area contributed by atoms with Gasteiger partial charge in [-0.05, 0) is 25.0 Å². The summed E-state index contributed by atoms with van der Waals surface area (Å²) >= 11 is 5.68. The minimum Gasteiger partial charge on any atom is -0.490 e. The van der Waals surface area contributed by atoms with Crippen molar-refractivity contribution in [1.29, 1.82) is 0 Å². The van der Waals surface area contributed by atoms with Gasteiger partial charge in [-0.1, -0.05) is 30.9 Å². The molecule has 0 bridgehead atoms. The fraction of sp³-hybridized carbons (Fsp3) is 0.600. The zero-order valence-corrected chi connectivity index (χ0v) is 11.6. The van der Waals surface area contributed by atoms with E-state index in [1.54, 1.807) is 12.1 Å². The van der Waals surface area contributed by atoms with E-state index in [0.717, 1.165) is 19.3 Å². The zero-order chi connectivity index (χ0) is 13.5. The lowest BCUT2D eigenvalue weighted by atomic mass is 9.55. The van der Waals surface area contributed by atoms with Crippen molar-refractivity contribution < 1.29 is 9.13 Å². The summed E-state index contributed by atoms with van der Waals surface area (Å²) in [4.78, 5) is 0. The van der Waals surface area contributed by atoms with E-state index in [2.05, 4.69) is 0 Å². The Kier molecular flexibility index (Phi) is 3.44. The maximum absolute atomic E-state index is 13.4. The van der Waals surface area contributed by atoms with E-state index in [1.807, 2.05) is 0 Å². The fourth-order valence-corrected chi connectivity index (χ4v) is 3.68. The highest BCUT2D eigenvalue weighted by Crippen LogP contribution is 2.52. The molecule has 0 saturated heterocycles. The fourth-order valence-electron chi connectivity index (χ4n) is 3.56. The first-order valence-electron chi connectivity index (χ1n) is 6.99. The van der Waals surface area contributed by atoms with Crippen molar-refractivity contribution in [3.05, 3.63) is 29.0 Å². The first kappa shape index (κ1) is 13.2. The van der Waals surface area contributed by atoms with Gasteiger partial charge in [0.1, 0.15) is 17.7 Å². The molecule has 19 heavy (non-hydrogen) atoms. The predicted octanol–water partition coefficient (Wildman–Crippen LogP) is 3.91. The molecule has 4 heteroatoms. The Morgan fingerprint density at radius 1 is 1.26 bits per heavy atom. The first-order chi connectivity index (χ1) is 9.12. The van der Waals surface area contributed by atoms with Crippen molar-refractivity contribution in [2.24, 2.45) is 11.1 Å². The number of hydrogen-bond acceptors (Lipinski definition) is 2. The van der Waals surface area contributed by atoms with Gasteiger partial charge in [0.05, 0.1) is 5.02 Å². The lowest BCUT2D eigenvalue weighted by Crippen LogP contribution is -2.64. The van der Waals surface area contributed by atoms with Gasteiger partial charge in [0.25, 0.3) is 0 Å². The molecule has 2 unspecified atom stereocenters. The first-order valence-corrected chi connectivity index (χ1v) is 7.37. The van der Waals surface area contributed by atoms with Crippen LogP contribution >= 0.6 is 11.6 Å². The van der Waals surface area contributed by atoms with Crippen molar-refractivity contribution in [2.45, 2.75) is 50.7 Å². The van der Waals surface area contributed by atoms with Crippen LogP contribution in [-0.4, -0.2) is 12.1 Å². The maximum atomic E-state index is 13.4. The minimum absolute atomic E-state index is 0.119. The average molecular weight is 284 g/mol. The summed E-state index contributed by atoms with van der Waals surface area (Å²) in [5.74, 6) is 0.129. The lowest BCUT2D eigenvalue weighted by molar-refractivity contribution is -0.0899. The number of halogens is 2. The molecule has 1 aromatic rings. The summed E-state index contributed by atoms with van der Waals surface area (Å²) < 4.78 is 19.4. The van der Waals surface area contributed by atoms with Gasteiger partial charge >= 0.3 is 0 Å². The predicted molar refractivity (Wildman–Crippen MR) is 73.9 cm³/mol. The van der Waals surface area contributed by atoms with Gasteiger partial charge < -0.3 is 10.5 Å². The molecule has 2 fully saturated rings. The van der Waals surface area contributed by atoms with Crippen molar-refractivity contribution in [3.63, 3.8) is 0 Å². The third-order valence-corrected chi connectivity index (χ3v) is 5.11. The summed E-state index contributed by atoms with van der Waals surface area (Å²) in [6.45, 7) is 0. The smallest absolute Gasteiger partial charge is 0.145 e. The molecule has 3 rings (SSSR count). The van der Waals surface area contributed by atoms with E-state index in [4.69, 9.17) is 22.1 Å². The molecule has 2 aliphatic carbocycles. The second-order valence-corrected chi connectivity index (χ2v) is 6.23. The highest BCUT2D eigenvalue weighted by Gasteiger charge is 2.54. The molecule has 1 aromatic carbocycles. The third kappa shape index (κ3) is 2.23. The Bertz CT molecular complexity index is 473. The van der Waals surface area contributed by atoms with Crippen LogP contribution in [0.4, 0.5) is 4.39 Å². The molecule has 2 N–H and O–H groups in total. The SMILES string of the molecule is NC1CC(Oc2ccc(Cl)c(F)c2)C12CCCCC2. The molecular weight excluding hydrogens is 265 g/mol. The highest BCUT2D eigenvalue weighted by molar-refractivity contribution is 6.30. The van der Waals surface area contributed by atoms with Crippen molar-refractivity contribution in [1.82, 2.24) is 0 Å². The summed E-state index contributed by atoms with van der Waals surface area (Å²) in [5, 5.41) is 0.130. The van der Waals surface area contributed by atoms with E-state index in [9.17, 15) is 4.39 Å². The van der Waals surface area contributed by atoms with Crippen LogP contribution in [0.5, 0.6) is 5.75 Å². The quantitative estimate of drug-likeness (QED) is 0.893. The van der Waals surface area contributed by atoms with Gasteiger partial charge in [-0.25, -0.2) is 4.39 Å². The van der Waals surface area contributed by atoms with E-state index in [-0.39, 0.29) is 22.6 Å². The molecule has 0 heterocycles. The van der Waals surface area contributed by atoms with Gasteiger partial charge in [-0.15, -0.1) is 0 Å². The number of ether oxygens (including phenoxy) is 1. The second kappa shape index (κ2) is 4.95. The number of hydrogen-bond donors (Lipinski definition) is 1. The Labute approximate surface area is 118 Å². The van der Waals surface area contributed by atoms with Crippen LogP contribution in [0.2, 0.25) is 5.02 Å². The maximum Gasteiger partial charge on any atom is 0.145 e. The summed E-state index contributed by atoms with van der Waals surface area (Å²) in [7, 11) is 0. The monoisotopic (exact) mass is 283 g/mol. The third-order valence-electron chi connectivity index (χ3n) is 4.80. The molecule has 2 atom stereocenters.